The van der Waals surface area contributed by atoms with Gasteiger partial charge in [0.1, 0.15) is 9.87 Å². The second kappa shape index (κ2) is 4.12. The molecule has 0 radical (unpaired) electrons. The molecule has 3 aliphatic heterocycles. The molecule has 3 atom stereocenters. The summed E-state index contributed by atoms with van der Waals surface area (Å²) in [6, 6.07) is 0. The highest BCUT2D eigenvalue weighted by Crippen LogP contribution is 2.73. The summed E-state index contributed by atoms with van der Waals surface area (Å²) in [6.45, 7) is 6.62. The van der Waals surface area contributed by atoms with Gasteiger partial charge in [-0.15, -0.1) is 35.3 Å². The zero-order valence-electron chi connectivity index (χ0n) is 9.52. The number of hydrogen-bond acceptors (Lipinski definition) is 6. The summed E-state index contributed by atoms with van der Waals surface area (Å²) in [4.78, 5) is 0.0923. The Kier molecular flexibility index (Phi) is 3.29. The van der Waals surface area contributed by atoms with E-state index in [2.05, 4.69) is 20.8 Å². The van der Waals surface area contributed by atoms with Crippen LogP contribution in [0.3, 0.4) is 0 Å². The molecule has 3 saturated heterocycles. The molecule has 16 heavy (non-hydrogen) atoms. The third kappa shape index (κ3) is 3.40. The van der Waals surface area contributed by atoms with Crippen molar-refractivity contribution in [1.29, 1.82) is 0 Å². The van der Waals surface area contributed by atoms with Crippen LogP contribution in [-0.2, 0) is 9.05 Å². The summed E-state index contributed by atoms with van der Waals surface area (Å²) >= 11 is 7.66. The lowest BCUT2D eigenvalue weighted by Gasteiger charge is -2.23. The first-order valence-corrected chi connectivity index (χ1v) is 10.8. The van der Waals surface area contributed by atoms with Crippen molar-refractivity contribution in [2.75, 3.05) is 17.3 Å². The third-order valence-corrected chi connectivity index (χ3v) is 11.2. The Labute approximate surface area is 115 Å². The fraction of sp³-hybridized carbons (Fsp3) is 1.00. The van der Waals surface area contributed by atoms with Gasteiger partial charge in [0, 0.05) is 17.3 Å². The fourth-order valence-electron chi connectivity index (χ4n) is 0.992. The normalized spacial score (nSPS) is 51.2. The van der Waals surface area contributed by atoms with Crippen molar-refractivity contribution in [2.24, 2.45) is 0 Å². The van der Waals surface area contributed by atoms with E-state index in [0.717, 1.165) is 11.5 Å². The van der Waals surface area contributed by atoms with E-state index in [1.165, 1.54) is 5.75 Å². The van der Waals surface area contributed by atoms with Gasteiger partial charge in [-0.25, -0.2) is 0 Å². The Balaban J connectivity index is 1.58. The van der Waals surface area contributed by atoms with Crippen LogP contribution < -0.4 is 0 Å². The summed E-state index contributed by atoms with van der Waals surface area (Å²) in [6.07, 6.45) is 0. The van der Waals surface area contributed by atoms with Crippen molar-refractivity contribution >= 4 is 54.2 Å². The molecule has 0 N–H and O–H groups in total. The van der Waals surface area contributed by atoms with Crippen LogP contribution in [0.2, 0.25) is 0 Å². The molecule has 7 heteroatoms. The topological polar surface area (TPSA) is 18.5 Å². The summed E-state index contributed by atoms with van der Waals surface area (Å²) in [5.74, 6) is 3.46. The van der Waals surface area contributed by atoms with Gasteiger partial charge in [0.25, 0.3) is 0 Å². The molecule has 0 aromatic rings. The van der Waals surface area contributed by atoms with Crippen LogP contribution in [-0.4, -0.2) is 31.2 Å². The van der Waals surface area contributed by atoms with E-state index in [-0.39, 0.29) is 9.87 Å². The molecule has 0 aromatic heterocycles. The molecule has 0 saturated carbocycles. The van der Waals surface area contributed by atoms with Crippen molar-refractivity contribution in [3.05, 3.63) is 0 Å². The molecule has 3 fully saturated rings. The summed E-state index contributed by atoms with van der Waals surface area (Å²) in [5, 5.41) is 0. The first-order valence-electron chi connectivity index (χ1n) is 5.20. The first-order chi connectivity index (χ1) is 7.41. The molecular formula is C9H15O2PS4. The molecule has 0 amide bonds. The average Bonchev–Trinajstić information content (AvgIpc) is 3.05. The van der Waals surface area contributed by atoms with Crippen molar-refractivity contribution in [3.8, 4) is 0 Å². The van der Waals surface area contributed by atoms with Crippen molar-refractivity contribution in [3.63, 3.8) is 0 Å². The first kappa shape index (κ1) is 12.8. The smallest absolute Gasteiger partial charge is 0.242 e. The van der Waals surface area contributed by atoms with Gasteiger partial charge >= 0.3 is 0 Å². The SMILES string of the molecule is CC1(OP(OC2(C)CS2)SC2(C)CS2)CS1. The van der Waals surface area contributed by atoms with E-state index in [1.807, 2.05) is 46.7 Å². The lowest BCUT2D eigenvalue weighted by atomic mass is 10.5. The molecule has 3 heterocycles. The van der Waals surface area contributed by atoms with Crippen LogP contribution in [0, 0.1) is 0 Å². The standard InChI is InChI=1S/C9H15O2PS4/c1-7(4-13-7)10-12(11-8(2)5-14-8)16-9(3)6-15-9/h4-6H2,1-3H3. The molecule has 2 nitrogen and oxygen atoms in total. The second-order valence-corrected chi connectivity index (χ2v) is 12.7. The molecule has 92 valence electrons. The number of hydrogen-bond donors (Lipinski definition) is 0. The van der Waals surface area contributed by atoms with Gasteiger partial charge in [-0.3, -0.25) is 0 Å². The van der Waals surface area contributed by atoms with Gasteiger partial charge in [-0.05, 0) is 20.8 Å². The lowest BCUT2D eigenvalue weighted by Crippen LogP contribution is -2.11. The minimum absolute atomic E-state index is 0.0462. The quantitative estimate of drug-likeness (QED) is 0.531. The molecular weight excluding hydrogens is 299 g/mol. The van der Waals surface area contributed by atoms with E-state index in [9.17, 15) is 0 Å². The highest BCUT2D eigenvalue weighted by atomic mass is 32.7. The molecule has 0 bridgehead atoms. The van der Waals surface area contributed by atoms with Gasteiger partial charge in [0.05, 0.1) is 4.08 Å². The predicted octanol–water partition coefficient (Wildman–Crippen LogP) is 4.37. The van der Waals surface area contributed by atoms with E-state index in [1.54, 1.807) is 0 Å². The van der Waals surface area contributed by atoms with Gasteiger partial charge in [-0.1, -0.05) is 11.4 Å². The average molecular weight is 314 g/mol. The highest BCUT2D eigenvalue weighted by Gasteiger charge is 2.52. The third-order valence-electron chi connectivity index (χ3n) is 2.46. The summed E-state index contributed by atoms with van der Waals surface area (Å²) in [7, 11) is -0.783. The second-order valence-electron chi connectivity index (χ2n) is 4.76. The predicted molar refractivity (Wildman–Crippen MR) is 79.3 cm³/mol. The Hall–Kier alpha value is 1.75. The Morgan fingerprint density at radius 1 is 0.938 bits per heavy atom. The van der Waals surface area contributed by atoms with Gasteiger partial charge in [0.2, 0.25) is 7.58 Å². The maximum atomic E-state index is 6.12. The zero-order chi connectivity index (χ0) is 11.4. The van der Waals surface area contributed by atoms with E-state index < -0.39 is 7.58 Å². The van der Waals surface area contributed by atoms with Crippen LogP contribution >= 0.6 is 54.2 Å². The Morgan fingerprint density at radius 2 is 1.38 bits per heavy atom. The van der Waals surface area contributed by atoms with Crippen LogP contribution in [0.25, 0.3) is 0 Å². The summed E-state index contributed by atoms with van der Waals surface area (Å²) in [5.41, 5.74) is 0. The molecule has 0 aliphatic carbocycles. The molecule has 3 unspecified atom stereocenters. The Bertz CT molecular complexity index is 254. The maximum Gasteiger partial charge on any atom is 0.242 e. The van der Waals surface area contributed by atoms with Gasteiger partial charge in [-0.2, -0.15) is 0 Å². The number of thioether (sulfide) groups is 3. The van der Waals surface area contributed by atoms with E-state index in [0.29, 0.717) is 4.08 Å². The number of rotatable bonds is 6. The minimum atomic E-state index is -0.783. The zero-order valence-corrected chi connectivity index (χ0v) is 13.7. The van der Waals surface area contributed by atoms with Crippen LogP contribution in [0.5, 0.6) is 0 Å². The van der Waals surface area contributed by atoms with E-state index in [4.69, 9.17) is 9.05 Å². The Morgan fingerprint density at radius 3 is 1.69 bits per heavy atom. The monoisotopic (exact) mass is 314 g/mol. The van der Waals surface area contributed by atoms with Crippen molar-refractivity contribution in [1.82, 2.24) is 0 Å². The molecule has 3 aliphatic rings. The largest absolute Gasteiger partial charge is 0.308 e. The minimum Gasteiger partial charge on any atom is -0.308 e. The fourth-order valence-corrected chi connectivity index (χ4v) is 8.44. The van der Waals surface area contributed by atoms with Crippen molar-refractivity contribution < 1.29 is 9.05 Å². The van der Waals surface area contributed by atoms with Crippen LogP contribution in [0.4, 0.5) is 0 Å². The maximum absolute atomic E-state index is 6.12. The van der Waals surface area contributed by atoms with Crippen LogP contribution in [0.1, 0.15) is 20.8 Å². The molecule has 3 rings (SSSR count). The molecule has 0 aromatic carbocycles. The van der Waals surface area contributed by atoms with Crippen molar-refractivity contribution in [2.45, 2.75) is 34.7 Å². The van der Waals surface area contributed by atoms with Gasteiger partial charge < -0.3 is 9.05 Å². The van der Waals surface area contributed by atoms with Crippen LogP contribution in [0.15, 0.2) is 0 Å². The molecule has 0 spiro atoms. The van der Waals surface area contributed by atoms with E-state index >= 15 is 0 Å². The van der Waals surface area contributed by atoms with Gasteiger partial charge in [0.15, 0.2) is 0 Å². The summed E-state index contributed by atoms with van der Waals surface area (Å²) < 4.78 is 12.6. The highest BCUT2D eigenvalue weighted by molar-refractivity contribution is 8.58. The lowest BCUT2D eigenvalue weighted by molar-refractivity contribution is 0.185.